The van der Waals surface area contributed by atoms with Crippen LogP contribution in [0.2, 0.25) is 0 Å². The Kier molecular flexibility index (Phi) is 9.54. The molecule has 0 aliphatic carbocycles. The van der Waals surface area contributed by atoms with Gasteiger partial charge < -0.3 is 14.2 Å². The molecule has 0 spiro atoms. The molecule has 0 aromatic heterocycles. The Hall–Kier alpha value is -0.120. The van der Waals surface area contributed by atoms with Crippen LogP contribution in [0, 0.1) is 0 Å². The van der Waals surface area contributed by atoms with Gasteiger partial charge in [0.25, 0.3) is 0 Å². The number of epoxide rings is 1. The van der Waals surface area contributed by atoms with Crippen molar-refractivity contribution in [2.45, 2.75) is 70.5 Å². The largest absolute Gasteiger partial charge is 0.379 e. The van der Waals surface area contributed by atoms with Crippen LogP contribution in [0.3, 0.4) is 0 Å². The highest BCUT2D eigenvalue weighted by Crippen LogP contribution is 2.12. The Balaban J connectivity index is 1.84. The van der Waals surface area contributed by atoms with Gasteiger partial charge in [-0.15, -0.1) is 0 Å². The SMILES string of the molecule is CCCCCCCCCC(COCC1CO1)OC. The molecule has 0 bridgehead atoms. The second-order valence-corrected chi connectivity index (χ2v) is 5.26. The van der Waals surface area contributed by atoms with Gasteiger partial charge in [-0.05, 0) is 6.42 Å². The van der Waals surface area contributed by atoms with Gasteiger partial charge in [0, 0.05) is 7.11 Å². The molecule has 0 amide bonds. The van der Waals surface area contributed by atoms with Crippen molar-refractivity contribution >= 4 is 0 Å². The summed E-state index contributed by atoms with van der Waals surface area (Å²) in [5.41, 5.74) is 0. The van der Waals surface area contributed by atoms with E-state index in [0.717, 1.165) is 19.6 Å². The third kappa shape index (κ3) is 8.90. The molecule has 0 N–H and O–H groups in total. The second kappa shape index (κ2) is 10.8. The number of ether oxygens (including phenoxy) is 3. The predicted octanol–water partition coefficient (Wildman–Crippen LogP) is 3.56. The Morgan fingerprint density at radius 3 is 2.39 bits per heavy atom. The number of rotatable bonds is 13. The van der Waals surface area contributed by atoms with Crippen LogP contribution in [0.4, 0.5) is 0 Å². The highest BCUT2D eigenvalue weighted by atomic mass is 16.6. The first kappa shape index (κ1) is 15.9. The first-order valence-corrected chi connectivity index (χ1v) is 7.59. The topological polar surface area (TPSA) is 31.0 Å². The summed E-state index contributed by atoms with van der Waals surface area (Å²) in [4.78, 5) is 0. The van der Waals surface area contributed by atoms with Crippen LogP contribution < -0.4 is 0 Å². The van der Waals surface area contributed by atoms with Crippen LogP contribution in [0.15, 0.2) is 0 Å². The second-order valence-electron chi connectivity index (χ2n) is 5.26. The standard InChI is InChI=1S/C15H30O3/c1-3-4-5-6-7-8-9-10-14(16-2)11-17-12-15-13-18-15/h14-15H,3-13H2,1-2H3. The van der Waals surface area contributed by atoms with Gasteiger partial charge in [0.15, 0.2) is 0 Å². The van der Waals surface area contributed by atoms with Crippen LogP contribution in [-0.4, -0.2) is 39.1 Å². The fourth-order valence-electron chi connectivity index (χ4n) is 2.09. The summed E-state index contributed by atoms with van der Waals surface area (Å²) in [5, 5.41) is 0. The zero-order chi connectivity index (χ0) is 13.1. The molecule has 0 aromatic carbocycles. The van der Waals surface area contributed by atoms with Crippen molar-refractivity contribution in [1.82, 2.24) is 0 Å². The average molecular weight is 258 g/mol. The van der Waals surface area contributed by atoms with E-state index in [1.54, 1.807) is 7.11 Å². The Bertz CT molecular complexity index is 181. The van der Waals surface area contributed by atoms with Crippen LogP contribution in [-0.2, 0) is 14.2 Å². The third-order valence-corrected chi connectivity index (χ3v) is 3.47. The lowest BCUT2D eigenvalue weighted by Crippen LogP contribution is -2.19. The molecule has 3 nitrogen and oxygen atoms in total. The lowest BCUT2D eigenvalue weighted by molar-refractivity contribution is -0.000834. The summed E-state index contributed by atoms with van der Waals surface area (Å²) >= 11 is 0. The fourth-order valence-corrected chi connectivity index (χ4v) is 2.09. The third-order valence-electron chi connectivity index (χ3n) is 3.47. The van der Waals surface area contributed by atoms with Gasteiger partial charge >= 0.3 is 0 Å². The molecular formula is C15H30O3. The number of hydrogen-bond acceptors (Lipinski definition) is 3. The number of methoxy groups -OCH3 is 1. The van der Waals surface area contributed by atoms with Gasteiger partial charge in [0.05, 0.1) is 25.9 Å². The average Bonchev–Trinajstić information content (AvgIpc) is 3.19. The van der Waals surface area contributed by atoms with Crippen molar-refractivity contribution in [2.75, 3.05) is 26.9 Å². The quantitative estimate of drug-likeness (QED) is 0.374. The maximum Gasteiger partial charge on any atom is 0.104 e. The van der Waals surface area contributed by atoms with Crippen LogP contribution in [0.25, 0.3) is 0 Å². The summed E-state index contributed by atoms with van der Waals surface area (Å²) < 4.78 is 16.1. The predicted molar refractivity (Wildman–Crippen MR) is 74.0 cm³/mol. The summed E-state index contributed by atoms with van der Waals surface area (Å²) in [6.45, 7) is 4.58. The van der Waals surface area contributed by atoms with Crippen molar-refractivity contribution in [1.29, 1.82) is 0 Å². The van der Waals surface area contributed by atoms with Gasteiger partial charge in [-0.3, -0.25) is 0 Å². The van der Waals surface area contributed by atoms with Crippen LogP contribution in [0.5, 0.6) is 0 Å². The minimum Gasteiger partial charge on any atom is -0.379 e. The summed E-state index contributed by atoms with van der Waals surface area (Å²) in [7, 11) is 1.78. The van der Waals surface area contributed by atoms with Gasteiger partial charge in [-0.25, -0.2) is 0 Å². The van der Waals surface area contributed by atoms with E-state index in [1.165, 1.54) is 44.9 Å². The van der Waals surface area contributed by atoms with Gasteiger partial charge in [-0.1, -0.05) is 51.9 Å². The monoisotopic (exact) mass is 258 g/mol. The summed E-state index contributed by atoms with van der Waals surface area (Å²) in [5.74, 6) is 0. The number of unbranched alkanes of at least 4 members (excludes halogenated alkanes) is 6. The zero-order valence-electron chi connectivity index (χ0n) is 12.2. The molecule has 1 rings (SSSR count). The van der Waals surface area contributed by atoms with E-state index in [-0.39, 0.29) is 6.10 Å². The Morgan fingerprint density at radius 2 is 1.78 bits per heavy atom. The highest BCUT2D eigenvalue weighted by molar-refractivity contribution is 4.68. The molecule has 18 heavy (non-hydrogen) atoms. The molecule has 0 saturated carbocycles. The van der Waals surface area contributed by atoms with Crippen LogP contribution >= 0.6 is 0 Å². The van der Waals surface area contributed by atoms with Crippen molar-refractivity contribution < 1.29 is 14.2 Å². The molecule has 108 valence electrons. The molecule has 2 atom stereocenters. The van der Waals surface area contributed by atoms with E-state index < -0.39 is 0 Å². The lowest BCUT2D eigenvalue weighted by atomic mass is 10.1. The van der Waals surface area contributed by atoms with E-state index in [9.17, 15) is 0 Å². The zero-order valence-corrected chi connectivity index (χ0v) is 12.2. The van der Waals surface area contributed by atoms with E-state index >= 15 is 0 Å². The molecule has 1 aliphatic rings. The molecule has 1 saturated heterocycles. The Labute approximate surface area is 112 Å². The highest BCUT2D eigenvalue weighted by Gasteiger charge is 2.22. The first-order valence-electron chi connectivity index (χ1n) is 7.59. The molecule has 1 fully saturated rings. The maximum atomic E-state index is 5.57. The van der Waals surface area contributed by atoms with E-state index in [0.29, 0.717) is 12.7 Å². The van der Waals surface area contributed by atoms with Crippen LogP contribution in [0.1, 0.15) is 58.3 Å². The molecule has 0 radical (unpaired) electrons. The van der Waals surface area contributed by atoms with Crippen molar-refractivity contribution in [2.24, 2.45) is 0 Å². The minimum atomic E-state index is 0.263. The molecule has 1 aliphatic heterocycles. The smallest absolute Gasteiger partial charge is 0.104 e. The lowest BCUT2D eigenvalue weighted by Gasteiger charge is -2.15. The Morgan fingerprint density at radius 1 is 1.11 bits per heavy atom. The van der Waals surface area contributed by atoms with E-state index in [2.05, 4.69) is 6.92 Å². The molecule has 3 heteroatoms. The van der Waals surface area contributed by atoms with E-state index in [4.69, 9.17) is 14.2 Å². The molecule has 1 heterocycles. The van der Waals surface area contributed by atoms with Gasteiger partial charge in [-0.2, -0.15) is 0 Å². The summed E-state index contributed by atoms with van der Waals surface area (Å²) in [6.07, 6.45) is 11.2. The summed E-state index contributed by atoms with van der Waals surface area (Å²) in [6, 6.07) is 0. The maximum absolute atomic E-state index is 5.57. The molecule has 2 unspecified atom stereocenters. The molecular weight excluding hydrogens is 228 g/mol. The van der Waals surface area contributed by atoms with Crippen molar-refractivity contribution in [3.05, 3.63) is 0 Å². The van der Waals surface area contributed by atoms with Crippen molar-refractivity contribution in [3.8, 4) is 0 Å². The fraction of sp³-hybridized carbons (Fsp3) is 1.00. The van der Waals surface area contributed by atoms with Crippen molar-refractivity contribution in [3.63, 3.8) is 0 Å². The normalized spacial score (nSPS) is 20.0. The van der Waals surface area contributed by atoms with E-state index in [1.807, 2.05) is 0 Å². The van der Waals surface area contributed by atoms with Gasteiger partial charge in [0.1, 0.15) is 6.10 Å². The first-order chi connectivity index (χ1) is 8.86. The minimum absolute atomic E-state index is 0.263. The van der Waals surface area contributed by atoms with Gasteiger partial charge in [0.2, 0.25) is 0 Å². The number of hydrogen-bond donors (Lipinski definition) is 0. The molecule has 0 aromatic rings.